The molecule has 3 aromatic carbocycles. The van der Waals surface area contributed by atoms with E-state index < -0.39 is 0 Å². The van der Waals surface area contributed by atoms with E-state index in [4.69, 9.17) is 4.42 Å². The maximum absolute atomic E-state index is 13.6. The van der Waals surface area contributed by atoms with Gasteiger partial charge in [0.2, 0.25) is 5.43 Å². The molecular formula is C26H15NO2. The van der Waals surface area contributed by atoms with Crippen LogP contribution < -0.4 is 5.43 Å². The van der Waals surface area contributed by atoms with Gasteiger partial charge in [0.25, 0.3) is 0 Å². The van der Waals surface area contributed by atoms with Gasteiger partial charge in [0.05, 0.1) is 10.9 Å². The minimum atomic E-state index is -0.0811. The summed E-state index contributed by atoms with van der Waals surface area (Å²) < 4.78 is 6.42. The van der Waals surface area contributed by atoms with Crippen molar-refractivity contribution in [1.82, 2.24) is 4.98 Å². The summed E-state index contributed by atoms with van der Waals surface area (Å²) in [6, 6.07) is 32.2. The van der Waals surface area contributed by atoms with Crippen molar-refractivity contribution in [2.45, 2.75) is 0 Å². The average molecular weight is 373 g/mol. The fraction of sp³-hybridized carbons (Fsp3) is 0. The molecular weight excluding hydrogens is 358 g/mol. The van der Waals surface area contributed by atoms with Crippen molar-refractivity contribution in [1.29, 1.82) is 0 Å². The van der Waals surface area contributed by atoms with Crippen LogP contribution >= 0.6 is 0 Å². The van der Waals surface area contributed by atoms with Crippen LogP contribution in [0.1, 0.15) is 0 Å². The van der Waals surface area contributed by atoms with Gasteiger partial charge in [0, 0.05) is 17.3 Å². The molecule has 0 N–H and O–H groups in total. The van der Waals surface area contributed by atoms with E-state index in [1.54, 1.807) is 24.4 Å². The molecule has 2 aromatic heterocycles. The van der Waals surface area contributed by atoms with E-state index in [1.807, 2.05) is 66.7 Å². The second-order valence-electron chi connectivity index (χ2n) is 6.61. The molecule has 0 aliphatic rings. The topological polar surface area (TPSA) is 43.1 Å². The molecule has 5 aromatic rings. The van der Waals surface area contributed by atoms with E-state index in [9.17, 15) is 4.79 Å². The number of fused-ring (bicyclic) bond motifs is 1. The number of benzene rings is 3. The summed E-state index contributed by atoms with van der Waals surface area (Å²) in [5.74, 6) is 0.533. The Balaban J connectivity index is 1.91. The Labute approximate surface area is 167 Å². The Hall–Kier alpha value is -3.98. The summed E-state index contributed by atoms with van der Waals surface area (Å²) in [5, 5.41) is 0.505. The first-order chi connectivity index (χ1) is 14.3. The molecule has 136 valence electrons. The van der Waals surface area contributed by atoms with Crippen molar-refractivity contribution in [2.75, 3.05) is 0 Å². The molecule has 0 amide bonds. The molecule has 0 aliphatic heterocycles. The predicted octanol–water partition coefficient (Wildman–Crippen LogP) is 5.79. The summed E-state index contributed by atoms with van der Waals surface area (Å²) in [5.41, 5.74) is 4.08. The van der Waals surface area contributed by atoms with Crippen LogP contribution in [-0.2, 0) is 0 Å². The number of aromatic nitrogens is 1. The van der Waals surface area contributed by atoms with E-state index >= 15 is 0 Å². The largest absolute Gasteiger partial charge is 0.453 e. The Bertz CT molecular complexity index is 1340. The fourth-order valence-electron chi connectivity index (χ4n) is 3.48. The summed E-state index contributed by atoms with van der Waals surface area (Å²) in [6.07, 6.45) is 1.65. The molecule has 0 aliphatic carbocycles. The maximum Gasteiger partial charge on any atom is 0.201 e. The van der Waals surface area contributed by atoms with Crippen LogP contribution in [0.5, 0.6) is 0 Å². The molecule has 3 heteroatoms. The molecule has 3 nitrogen and oxygen atoms in total. The standard InChI is InChI=1S/C26H15NO2/c28-24-21-16-17-27-23(19-12-6-2-7-13-19)26(21)29-25(20-14-8-3-9-15-20)22(24)18-10-4-1-5-11-18/h3-17H. The zero-order chi connectivity index (χ0) is 19.6. The second kappa shape index (κ2) is 7.21. The lowest BCUT2D eigenvalue weighted by Gasteiger charge is -2.12. The van der Waals surface area contributed by atoms with Gasteiger partial charge in [0.15, 0.2) is 5.58 Å². The third-order valence-corrected chi connectivity index (χ3v) is 4.84. The number of hydrogen-bond donors (Lipinski definition) is 0. The van der Waals surface area contributed by atoms with Gasteiger partial charge in [-0.3, -0.25) is 9.78 Å². The molecule has 0 bridgehead atoms. The van der Waals surface area contributed by atoms with Crippen LogP contribution in [0.15, 0.2) is 100 Å². The highest BCUT2D eigenvalue weighted by Crippen LogP contribution is 2.35. The molecule has 0 unspecified atom stereocenters. The average Bonchev–Trinajstić information content (AvgIpc) is 2.80. The zero-order valence-corrected chi connectivity index (χ0v) is 15.4. The van der Waals surface area contributed by atoms with Crippen molar-refractivity contribution < 1.29 is 4.42 Å². The number of pyridine rings is 1. The monoisotopic (exact) mass is 373 g/mol. The minimum absolute atomic E-state index is 0.0811. The lowest BCUT2D eigenvalue weighted by molar-refractivity contribution is 0.620. The lowest BCUT2D eigenvalue weighted by Crippen LogP contribution is -2.08. The highest BCUT2D eigenvalue weighted by molar-refractivity contribution is 5.95. The molecule has 2 radical (unpaired) electrons. The van der Waals surface area contributed by atoms with Crippen LogP contribution in [0.2, 0.25) is 0 Å². The van der Waals surface area contributed by atoms with E-state index in [2.05, 4.69) is 17.1 Å². The van der Waals surface area contributed by atoms with Gasteiger partial charge in [-0.25, -0.2) is 0 Å². The molecule has 29 heavy (non-hydrogen) atoms. The first-order valence-corrected chi connectivity index (χ1v) is 9.27. The highest BCUT2D eigenvalue weighted by atomic mass is 16.3. The van der Waals surface area contributed by atoms with E-state index in [-0.39, 0.29) is 5.43 Å². The fourth-order valence-corrected chi connectivity index (χ4v) is 3.48. The van der Waals surface area contributed by atoms with Gasteiger partial charge in [0.1, 0.15) is 11.5 Å². The van der Waals surface area contributed by atoms with Crippen molar-refractivity contribution in [3.63, 3.8) is 0 Å². The SMILES string of the molecule is O=c1c(-c2cc[c]cc2)c(-c2ccccc2)oc2c(-c3cc[c]cc3)nccc12. The van der Waals surface area contributed by atoms with Crippen molar-refractivity contribution in [3.8, 4) is 33.7 Å². The van der Waals surface area contributed by atoms with Gasteiger partial charge in [-0.1, -0.05) is 78.9 Å². The Morgan fingerprint density at radius 1 is 0.724 bits per heavy atom. The Kier molecular flexibility index (Phi) is 4.26. The van der Waals surface area contributed by atoms with Gasteiger partial charge >= 0.3 is 0 Å². The molecule has 0 fully saturated rings. The third kappa shape index (κ3) is 3.03. The number of hydrogen-bond acceptors (Lipinski definition) is 3. The van der Waals surface area contributed by atoms with Gasteiger partial charge in [-0.15, -0.1) is 0 Å². The summed E-state index contributed by atoms with van der Waals surface area (Å²) in [7, 11) is 0. The van der Waals surface area contributed by atoms with Crippen molar-refractivity contribution in [3.05, 3.63) is 113 Å². The second-order valence-corrected chi connectivity index (χ2v) is 6.61. The summed E-state index contributed by atoms with van der Waals surface area (Å²) >= 11 is 0. The lowest BCUT2D eigenvalue weighted by atomic mass is 9.98. The first kappa shape index (κ1) is 17.1. The zero-order valence-electron chi connectivity index (χ0n) is 15.4. The predicted molar refractivity (Wildman–Crippen MR) is 114 cm³/mol. The molecule has 0 saturated carbocycles. The molecule has 0 atom stereocenters. The van der Waals surface area contributed by atoms with Gasteiger partial charge in [-0.2, -0.15) is 0 Å². The first-order valence-electron chi connectivity index (χ1n) is 9.27. The van der Waals surface area contributed by atoms with Crippen molar-refractivity contribution >= 4 is 11.0 Å². The van der Waals surface area contributed by atoms with Crippen molar-refractivity contribution in [2.24, 2.45) is 0 Å². The van der Waals surface area contributed by atoms with Crippen LogP contribution in [0.3, 0.4) is 0 Å². The van der Waals surface area contributed by atoms with Gasteiger partial charge in [-0.05, 0) is 23.8 Å². The Morgan fingerprint density at radius 2 is 1.38 bits per heavy atom. The van der Waals surface area contributed by atoms with Gasteiger partial charge < -0.3 is 4.42 Å². The molecule has 5 rings (SSSR count). The highest BCUT2D eigenvalue weighted by Gasteiger charge is 2.20. The minimum Gasteiger partial charge on any atom is -0.453 e. The van der Waals surface area contributed by atoms with E-state index in [0.29, 0.717) is 28.0 Å². The normalized spacial score (nSPS) is 10.9. The number of nitrogens with zero attached hydrogens (tertiary/aromatic N) is 1. The number of rotatable bonds is 3. The summed E-state index contributed by atoms with van der Waals surface area (Å²) in [4.78, 5) is 18.1. The van der Waals surface area contributed by atoms with Crippen LogP contribution in [-0.4, -0.2) is 4.98 Å². The molecule has 0 saturated heterocycles. The Morgan fingerprint density at radius 3 is 2.07 bits per heavy atom. The van der Waals surface area contributed by atoms with E-state index in [1.165, 1.54) is 0 Å². The molecule has 0 spiro atoms. The molecule has 2 heterocycles. The summed E-state index contributed by atoms with van der Waals surface area (Å²) in [6.45, 7) is 0. The van der Waals surface area contributed by atoms with Crippen LogP contribution in [0.4, 0.5) is 0 Å². The van der Waals surface area contributed by atoms with Crippen LogP contribution in [0, 0.1) is 12.1 Å². The maximum atomic E-state index is 13.6. The smallest absolute Gasteiger partial charge is 0.201 e. The third-order valence-electron chi connectivity index (χ3n) is 4.84. The van der Waals surface area contributed by atoms with E-state index in [0.717, 1.165) is 16.7 Å². The van der Waals surface area contributed by atoms with Crippen LogP contribution in [0.25, 0.3) is 44.7 Å². The quantitative estimate of drug-likeness (QED) is 0.402.